The van der Waals surface area contributed by atoms with Crippen molar-refractivity contribution in [1.29, 1.82) is 0 Å². The Balaban J connectivity index is 1.88. The summed E-state index contributed by atoms with van der Waals surface area (Å²) in [4.78, 5) is 15.8. The van der Waals surface area contributed by atoms with Gasteiger partial charge < -0.3 is 10.4 Å². The fourth-order valence-corrected chi connectivity index (χ4v) is 1.92. The summed E-state index contributed by atoms with van der Waals surface area (Å²) < 4.78 is 13.3. The molecule has 1 atom stereocenters. The standard InChI is InChI=1S/C15H15ClFN3O2/c1-9-3-2-4-14(19-9)20-15(22)18-8-13(21)10-5-6-11(16)12(17)7-10/h2-7,13,21H,8H2,1H3,(H2,18,19,20,22)/t13-/m0/s1. The number of urea groups is 1. The molecule has 0 unspecified atom stereocenters. The van der Waals surface area contributed by atoms with Crippen molar-refractivity contribution in [3.05, 3.63) is 58.5 Å². The van der Waals surface area contributed by atoms with Gasteiger partial charge in [-0.25, -0.2) is 14.2 Å². The highest BCUT2D eigenvalue weighted by molar-refractivity contribution is 6.30. The van der Waals surface area contributed by atoms with Crippen LogP contribution in [0.3, 0.4) is 0 Å². The van der Waals surface area contributed by atoms with E-state index in [4.69, 9.17) is 11.6 Å². The van der Waals surface area contributed by atoms with E-state index in [0.29, 0.717) is 11.4 Å². The molecule has 7 heteroatoms. The second-order valence-corrected chi connectivity index (χ2v) is 5.10. The smallest absolute Gasteiger partial charge is 0.320 e. The van der Waals surface area contributed by atoms with Crippen molar-refractivity contribution in [3.8, 4) is 0 Å². The van der Waals surface area contributed by atoms with Gasteiger partial charge in [0.2, 0.25) is 0 Å². The molecule has 0 radical (unpaired) electrons. The van der Waals surface area contributed by atoms with Crippen LogP contribution in [0.4, 0.5) is 15.0 Å². The minimum Gasteiger partial charge on any atom is -0.387 e. The van der Waals surface area contributed by atoms with Crippen molar-refractivity contribution in [2.45, 2.75) is 13.0 Å². The number of nitrogens with one attached hydrogen (secondary N) is 2. The third-order valence-electron chi connectivity index (χ3n) is 2.91. The Labute approximate surface area is 132 Å². The summed E-state index contributed by atoms with van der Waals surface area (Å²) in [7, 11) is 0. The zero-order valence-electron chi connectivity index (χ0n) is 11.8. The third kappa shape index (κ3) is 4.41. The molecule has 2 rings (SSSR count). The van der Waals surface area contributed by atoms with Crippen LogP contribution in [0.15, 0.2) is 36.4 Å². The summed E-state index contributed by atoms with van der Waals surface area (Å²) in [6.45, 7) is 1.74. The number of carbonyl (C=O) groups is 1. The van der Waals surface area contributed by atoms with Crippen LogP contribution in [0.5, 0.6) is 0 Å². The minimum absolute atomic E-state index is 0.0211. The maximum absolute atomic E-state index is 13.3. The Morgan fingerprint density at radius 2 is 2.18 bits per heavy atom. The number of pyridine rings is 1. The van der Waals surface area contributed by atoms with Crippen LogP contribution in [-0.2, 0) is 0 Å². The average Bonchev–Trinajstić information content (AvgIpc) is 2.47. The van der Waals surface area contributed by atoms with E-state index in [-0.39, 0.29) is 11.6 Å². The lowest BCUT2D eigenvalue weighted by Crippen LogP contribution is -2.32. The second-order valence-electron chi connectivity index (χ2n) is 4.69. The number of anilines is 1. The maximum Gasteiger partial charge on any atom is 0.320 e. The molecular formula is C15H15ClFN3O2. The molecule has 1 aromatic heterocycles. The van der Waals surface area contributed by atoms with Gasteiger partial charge in [-0.2, -0.15) is 0 Å². The summed E-state index contributed by atoms with van der Waals surface area (Å²) in [5.74, 6) is -0.212. The fraction of sp³-hybridized carbons (Fsp3) is 0.200. The number of benzene rings is 1. The van der Waals surface area contributed by atoms with Crippen LogP contribution < -0.4 is 10.6 Å². The van der Waals surface area contributed by atoms with E-state index in [1.54, 1.807) is 12.1 Å². The summed E-state index contributed by atoms with van der Waals surface area (Å²) in [5.41, 5.74) is 1.10. The molecule has 116 valence electrons. The van der Waals surface area contributed by atoms with Gasteiger partial charge in [-0.1, -0.05) is 23.7 Å². The topological polar surface area (TPSA) is 74.2 Å². The Morgan fingerprint density at radius 3 is 2.86 bits per heavy atom. The summed E-state index contributed by atoms with van der Waals surface area (Å²) in [6, 6.07) is 8.70. The first kappa shape index (κ1) is 16.2. The van der Waals surface area contributed by atoms with Crippen LogP contribution in [-0.4, -0.2) is 22.7 Å². The zero-order valence-corrected chi connectivity index (χ0v) is 12.6. The Kier molecular flexibility index (Phi) is 5.30. The van der Waals surface area contributed by atoms with Gasteiger partial charge in [0.15, 0.2) is 0 Å². The van der Waals surface area contributed by atoms with Crippen molar-refractivity contribution in [3.63, 3.8) is 0 Å². The van der Waals surface area contributed by atoms with Gasteiger partial charge in [0, 0.05) is 12.2 Å². The highest BCUT2D eigenvalue weighted by atomic mass is 35.5. The lowest BCUT2D eigenvalue weighted by molar-refractivity contribution is 0.174. The third-order valence-corrected chi connectivity index (χ3v) is 3.22. The van der Waals surface area contributed by atoms with Gasteiger partial charge in [-0.05, 0) is 36.8 Å². The number of hydrogen-bond donors (Lipinski definition) is 3. The second kappa shape index (κ2) is 7.20. The highest BCUT2D eigenvalue weighted by Gasteiger charge is 2.12. The number of amides is 2. The first-order chi connectivity index (χ1) is 10.5. The molecule has 1 aromatic carbocycles. The first-order valence-corrected chi connectivity index (χ1v) is 6.95. The number of aliphatic hydroxyl groups is 1. The van der Waals surface area contributed by atoms with E-state index in [1.165, 1.54) is 12.1 Å². The molecule has 0 aliphatic heterocycles. The molecule has 5 nitrogen and oxygen atoms in total. The lowest BCUT2D eigenvalue weighted by Gasteiger charge is -2.13. The predicted molar refractivity (Wildman–Crippen MR) is 82.4 cm³/mol. The molecule has 0 saturated heterocycles. The van der Waals surface area contributed by atoms with Crippen molar-refractivity contribution in [1.82, 2.24) is 10.3 Å². The number of halogens is 2. The normalized spacial score (nSPS) is 11.8. The van der Waals surface area contributed by atoms with Gasteiger partial charge in [0.1, 0.15) is 11.6 Å². The molecule has 2 aromatic rings. The van der Waals surface area contributed by atoms with Gasteiger partial charge in [0.05, 0.1) is 11.1 Å². The molecule has 22 heavy (non-hydrogen) atoms. The van der Waals surface area contributed by atoms with E-state index >= 15 is 0 Å². The molecule has 0 fully saturated rings. The number of nitrogens with zero attached hydrogens (tertiary/aromatic N) is 1. The van der Waals surface area contributed by atoms with E-state index in [2.05, 4.69) is 15.6 Å². The summed E-state index contributed by atoms with van der Waals surface area (Å²) in [5, 5.41) is 14.9. The van der Waals surface area contributed by atoms with Crippen LogP contribution in [0.1, 0.15) is 17.4 Å². The molecule has 0 aliphatic rings. The Hall–Kier alpha value is -2.18. The van der Waals surface area contributed by atoms with Gasteiger partial charge in [-0.15, -0.1) is 0 Å². The molecule has 0 bridgehead atoms. The maximum atomic E-state index is 13.3. The Bertz CT molecular complexity index is 682. The average molecular weight is 324 g/mol. The molecule has 0 spiro atoms. The molecular weight excluding hydrogens is 309 g/mol. The first-order valence-electron chi connectivity index (χ1n) is 6.57. The van der Waals surface area contributed by atoms with Crippen LogP contribution >= 0.6 is 11.6 Å². The number of aliphatic hydroxyl groups excluding tert-OH is 1. The zero-order chi connectivity index (χ0) is 16.1. The van der Waals surface area contributed by atoms with E-state index in [1.807, 2.05) is 13.0 Å². The summed E-state index contributed by atoms with van der Waals surface area (Å²) >= 11 is 5.57. The van der Waals surface area contributed by atoms with Crippen LogP contribution in [0.2, 0.25) is 5.02 Å². The molecule has 0 aliphatic carbocycles. The molecule has 1 heterocycles. The largest absolute Gasteiger partial charge is 0.387 e. The number of aryl methyl sites for hydroxylation is 1. The van der Waals surface area contributed by atoms with E-state index in [0.717, 1.165) is 11.8 Å². The summed E-state index contributed by atoms with van der Waals surface area (Å²) in [6.07, 6.45) is -1.04. The van der Waals surface area contributed by atoms with Crippen LogP contribution in [0.25, 0.3) is 0 Å². The van der Waals surface area contributed by atoms with Crippen LogP contribution in [0, 0.1) is 12.7 Å². The lowest BCUT2D eigenvalue weighted by atomic mass is 10.1. The molecule has 0 saturated carbocycles. The number of rotatable bonds is 4. The van der Waals surface area contributed by atoms with E-state index < -0.39 is 18.0 Å². The number of aromatic nitrogens is 1. The Morgan fingerprint density at radius 1 is 1.41 bits per heavy atom. The highest BCUT2D eigenvalue weighted by Crippen LogP contribution is 2.19. The minimum atomic E-state index is -1.04. The number of carbonyl (C=O) groups excluding carboxylic acids is 1. The molecule has 2 amide bonds. The number of hydrogen-bond acceptors (Lipinski definition) is 3. The van der Waals surface area contributed by atoms with Gasteiger partial charge in [-0.3, -0.25) is 5.32 Å². The fourth-order valence-electron chi connectivity index (χ4n) is 1.80. The van der Waals surface area contributed by atoms with Crippen molar-refractivity contribution in [2.24, 2.45) is 0 Å². The SMILES string of the molecule is Cc1cccc(NC(=O)NC[C@H](O)c2ccc(Cl)c(F)c2)n1. The van der Waals surface area contributed by atoms with E-state index in [9.17, 15) is 14.3 Å². The predicted octanol–water partition coefficient (Wildman–Crippen LogP) is 3.04. The van der Waals surface area contributed by atoms with Crippen molar-refractivity contribution >= 4 is 23.4 Å². The quantitative estimate of drug-likeness (QED) is 0.809. The monoisotopic (exact) mass is 323 g/mol. The molecule has 3 N–H and O–H groups in total. The van der Waals surface area contributed by atoms with Crippen molar-refractivity contribution < 1.29 is 14.3 Å². The van der Waals surface area contributed by atoms with Gasteiger partial charge in [0.25, 0.3) is 0 Å². The van der Waals surface area contributed by atoms with Gasteiger partial charge >= 0.3 is 6.03 Å². The van der Waals surface area contributed by atoms with Crippen molar-refractivity contribution in [2.75, 3.05) is 11.9 Å².